The Kier molecular flexibility index (Phi) is 3.57. The van der Waals surface area contributed by atoms with E-state index in [-0.39, 0.29) is 17.7 Å². The molecule has 2 aromatic rings. The fraction of sp³-hybridized carbons (Fsp3) is 0.263. The first-order valence-electron chi connectivity index (χ1n) is 7.51. The summed E-state index contributed by atoms with van der Waals surface area (Å²) in [6, 6.07) is 15.4. The van der Waals surface area contributed by atoms with Crippen LogP contribution in [0, 0.1) is 0 Å². The zero-order chi connectivity index (χ0) is 15.7. The van der Waals surface area contributed by atoms with Gasteiger partial charge in [-0.3, -0.25) is 9.79 Å². The Morgan fingerprint density at radius 2 is 1.82 bits per heavy atom. The molecule has 3 heteroatoms. The SMILES string of the molecule is CC1(C)Cc2ccccc2C(CC(=O)c2ccccc2N)=N1. The molecule has 0 spiro atoms. The summed E-state index contributed by atoms with van der Waals surface area (Å²) in [7, 11) is 0. The number of benzene rings is 2. The second kappa shape index (κ2) is 5.41. The number of nitrogen functional groups attached to an aromatic ring is 1. The summed E-state index contributed by atoms with van der Waals surface area (Å²) in [6.45, 7) is 4.20. The first kappa shape index (κ1) is 14.5. The number of rotatable bonds is 3. The maximum atomic E-state index is 12.6. The second-order valence-electron chi connectivity index (χ2n) is 6.39. The minimum Gasteiger partial charge on any atom is -0.398 e. The van der Waals surface area contributed by atoms with E-state index in [1.807, 2.05) is 30.3 Å². The number of hydrogen-bond donors (Lipinski definition) is 1. The summed E-state index contributed by atoms with van der Waals surface area (Å²) in [5.74, 6) is 0.0179. The number of carbonyl (C=O) groups is 1. The highest BCUT2D eigenvalue weighted by Crippen LogP contribution is 2.28. The number of ketones is 1. The van der Waals surface area contributed by atoms with Crippen LogP contribution in [0.2, 0.25) is 0 Å². The lowest BCUT2D eigenvalue weighted by Crippen LogP contribution is -2.30. The largest absolute Gasteiger partial charge is 0.398 e. The molecule has 22 heavy (non-hydrogen) atoms. The molecule has 3 nitrogen and oxygen atoms in total. The minimum atomic E-state index is -0.174. The third-order valence-corrected chi connectivity index (χ3v) is 3.98. The molecule has 2 N–H and O–H groups in total. The maximum Gasteiger partial charge on any atom is 0.170 e. The molecule has 0 atom stereocenters. The van der Waals surface area contributed by atoms with E-state index >= 15 is 0 Å². The molecule has 0 bridgehead atoms. The van der Waals surface area contributed by atoms with E-state index in [0.29, 0.717) is 11.3 Å². The summed E-state index contributed by atoms with van der Waals surface area (Å²) < 4.78 is 0. The van der Waals surface area contributed by atoms with E-state index < -0.39 is 0 Å². The van der Waals surface area contributed by atoms with E-state index in [0.717, 1.165) is 17.7 Å². The molecule has 0 aromatic heterocycles. The van der Waals surface area contributed by atoms with Crippen molar-refractivity contribution in [2.24, 2.45) is 4.99 Å². The van der Waals surface area contributed by atoms with Gasteiger partial charge in [-0.2, -0.15) is 0 Å². The van der Waals surface area contributed by atoms with E-state index in [4.69, 9.17) is 10.7 Å². The van der Waals surface area contributed by atoms with Crippen LogP contribution >= 0.6 is 0 Å². The van der Waals surface area contributed by atoms with Gasteiger partial charge in [-0.15, -0.1) is 0 Å². The highest BCUT2D eigenvalue weighted by atomic mass is 16.1. The van der Waals surface area contributed by atoms with Crippen molar-refractivity contribution in [2.75, 3.05) is 5.73 Å². The van der Waals surface area contributed by atoms with Crippen LogP contribution in [0.1, 0.15) is 41.8 Å². The highest BCUT2D eigenvalue weighted by Gasteiger charge is 2.27. The van der Waals surface area contributed by atoms with Crippen molar-refractivity contribution < 1.29 is 4.79 Å². The van der Waals surface area contributed by atoms with Crippen molar-refractivity contribution in [3.05, 3.63) is 65.2 Å². The number of aliphatic imine (C=N–C) groups is 1. The summed E-state index contributed by atoms with van der Waals surface area (Å²) in [6.07, 6.45) is 1.18. The number of hydrogen-bond acceptors (Lipinski definition) is 3. The molecule has 0 saturated heterocycles. The Bertz CT molecular complexity index is 760. The Balaban J connectivity index is 1.95. The standard InChI is InChI=1S/C19H20N2O/c1-19(2)12-13-7-3-4-8-14(13)17(21-19)11-18(22)15-9-5-6-10-16(15)20/h3-10H,11-12,20H2,1-2H3. The Morgan fingerprint density at radius 3 is 2.59 bits per heavy atom. The van der Waals surface area contributed by atoms with Gasteiger partial charge in [0.05, 0.1) is 17.7 Å². The molecule has 1 aliphatic rings. The zero-order valence-electron chi connectivity index (χ0n) is 13.0. The number of nitrogens with two attached hydrogens (primary N) is 1. The lowest BCUT2D eigenvalue weighted by molar-refractivity contribution is 0.100. The zero-order valence-corrected chi connectivity index (χ0v) is 13.0. The normalized spacial score (nSPS) is 15.8. The molecule has 0 radical (unpaired) electrons. The highest BCUT2D eigenvalue weighted by molar-refractivity contribution is 6.18. The van der Waals surface area contributed by atoms with Gasteiger partial charge in [0.25, 0.3) is 0 Å². The van der Waals surface area contributed by atoms with Crippen LogP contribution in [0.15, 0.2) is 53.5 Å². The number of anilines is 1. The third kappa shape index (κ3) is 2.80. The van der Waals surface area contributed by atoms with Crippen LogP contribution in [0.3, 0.4) is 0 Å². The monoisotopic (exact) mass is 292 g/mol. The van der Waals surface area contributed by atoms with E-state index in [1.54, 1.807) is 12.1 Å². The van der Waals surface area contributed by atoms with Gasteiger partial charge in [-0.1, -0.05) is 36.4 Å². The Hall–Kier alpha value is -2.42. The third-order valence-electron chi connectivity index (χ3n) is 3.98. The van der Waals surface area contributed by atoms with E-state index in [1.165, 1.54) is 5.56 Å². The van der Waals surface area contributed by atoms with Crippen molar-refractivity contribution in [3.63, 3.8) is 0 Å². The smallest absolute Gasteiger partial charge is 0.170 e. The number of para-hydroxylation sites is 1. The van der Waals surface area contributed by atoms with Crippen molar-refractivity contribution >= 4 is 17.2 Å². The van der Waals surface area contributed by atoms with Gasteiger partial charge < -0.3 is 5.73 Å². The lowest BCUT2D eigenvalue weighted by atomic mass is 9.85. The lowest BCUT2D eigenvalue weighted by Gasteiger charge is -2.29. The summed E-state index contributed by atoms with van der Waals surface area (Å²) in [4.78, 5) is 17.4. The van der Waals surface area contributed by atoms with Crippen molar-refractivity contribution in [1.29, 1.82) is 0 Å². The fourth-order valence-corrected chi connectivity index (χ4v) is 3.02. The average molecular weight is 292 g/mol. The Labute approximate surface area is 130 Å². The first-order chi connectivity index (χ1) is 10.5. The molecular weight excluding hydrogens is 272 g/mol. The van der Waals surface area contributed by atoms with Gasteiger partial charge in [-0.05, 0) is 43.5 Å². The van der Waals surface area contributed by atoms with Gasteiger partial charge in [0.2, 0.25) is 0 Å². The molecule has 0 amide bonds. The number of fused-ring (bicyclic) bond motifs is 1. The maximum absolute atomic E-state index is 12.6. The molecule has 2 aromatic carbocycles. The molecule has 1 aliphatic heterocycles. The fourth-order valence-electron chi connectivity index (χ4n) is 3.02. The second-order valence-corrected chi connectivity index (χ2v) is 6.39. The van der Waals surface area contributed by atoms with Gasteiger partial charge in [-0.25, -0.2) is 0 Å². The Morgan fingerprint density at radius 1 is 1.14 bits per heavy atom. The van der Waals surface area contributed by atoms with Crippen LogP contribution in [0.25, 0.3) is 0 Å². The molecule has 0 aliphatic carbocycles. The number of Topliss-reactive ketones (excluding diaryl/α,β-unsaturated/α-hetero) is 1. The van der Waals surface area contributed by atoms with Crippen LogP contribution in [0.5, 0.6) is 0 Å². The van der Waals surface area contributed by atoms with Crippen LogP contribution < -0.4 is 5.73 Å². The predicted octanol–water partition coefficient (Wildman–Crippen LogP) is 3.67. The molecule has 1 heterocycles. The van der Waals surface area contributed by atoms with Gasteiger partial charge in [0.1, 0.15) is 0 Å². The summed E-state index contributed by atoms with van der Waals surface area (Å²) in [5, 5.41) is 0. The van der Waals surface area contributed by atoms with Gasteiger partial charge >= 0.3 is 0 Å². The molecular formula is C19H20N2O. The van der Waals surface area contributed by atoms with E-state index in [2.05, 4.69) is 19.9 Å². The van der Waals surface area contributed by atoms with Crippen LogP contribution in [-0.2, 0) is 6.42 Å². The van der Waals surface area contributed by atoms with Crippen molar-refractivity contribution in [1.82, 2.24) is 0 Å². The molecule has 0 unspecified atom stereocenters. The van der Waals surface area contributed by atoms with Gasteiger partial charge in [0, 0.05) is 11.3 Å². The molecule has 0 saturated carbocycles. The van der Waals surface area contributed by atoms with Crippen LogP contribution in [-0.4, -0.2) is 17.0 Å². The summed E-state index contributed by atoms with van der Waals surface area (Å²) in [5.41, 5.74) is 10.0. The van der Waals surface area contributed by atoms with E-state index in [9.17, 15) is 4.79 Å². The first-order valence-corrected chi connectivity index (χ1v) is 7.51. The number of carbonyl (C=O) groups excluding carboxylic acids is 1. The van der Waals surface area contributed by atoms with Crippen molar-refractivity contribution in [3.8, 4) is 0 Å². The molecule has 0 fully saturated rings. The number of nitrogens with zero attached hydrogens (tertiary/aromatic N) is 1. The van der Waals surface area contributed by atoms with Crippen LogP contribution in [0.4, 0.5) is 5.69 Å². The predicted molar refractivity (Wildman–Crippen MR) is 90.6 cm³/mol. The minimum absolute atomic E-state index is 0.0179. The van der Waals surface area contributed by atoms with Gasteiger partial charge in [0.15, 0.2) is 5.78 Å². The summed E-state index contributed by atoms with van der Waals surface area (Å²) >= 11 is 0. The topological polar surface area (TPSA) is 55.5 Å². The molecule has 3 rings (SSSR count). The quantitative estimate of drug-likeness (QED) is 0.693. The average Bonchev–Trinajstić information content (AvgIpc) is 2.46. The molecule has 112 valence electrons. The van der Waals surface area contributed by atoms with Crippen molar-refractivity contribution in [2.45, 2.75) is 32.2 Å².